The van der Waals surface area contributed by atoms with Gasteiger partial charge in [-0.2, -0.15) is 0 Å². The molecule has 0 aromatic rings. The number of rotatable bonds is 0. The Labute approximate surface area is 99.3 Å². The lowest BCUT2D eigenvalue weighted by Gasteiger charge is -2.41. The summed E-state index contributed by atoms with van der Waals surface area (Å²) in [6, 6.07) is 0. The van der Waals surface area contributed by atoms with Crippen molar-refractivity contribution in [1.29, 1.82) is 0 Å². The third-order valence-corrected chi connectivity index (χ3v) is 4.55. The minimum absolute atomic E-state index is 0.257. The fourth-order valence-corrected chi connectivity index (χ4v) is 3.25. The van der Waals surface area contributed by atoms with Crippen LogP contribution >= 0.6 is 0 Å². The minimum atomic E-state index is 0.257. The molecule has 0 heterocycles. The second kappa shape index (κ2) is 4.01. The highest BCUT2D eigenvalue weighted by molar-refractivity contribution is 5.93. The lowest BCUT2D eigenvalue weighted by Crippen LogP contribution is -2.32. The van der Waals surface area contributed by atoms with Crippen molar-refractivity contribution in [3.05, 3.63) is 11.6 Å². The van der Waals surface area contributed by atoms with Gasteiger partial charge in [-0.25, -0.2) is 0 Å². The van der Waals surface area contributed by atoms with Gasteiger partial charge in [-0.3, -0.25) is 4.79 Å². The lowest BCUT2D eigenvalue weighted by molar-refractivity contribution is -0.119. The van der Waals surface area contributed by atoms with Crippen LogP contribution in [0.4, 0.5) is 0 Å². The number of hydrogen-bond donors (Lipinski definition) is 0. The predicted molar refractivity (Wildman–Crippen MR) is 67.2 cm³/mol. The van der Waals surface area contributed by atoms with Gasteiger partial charge in [-0.15, -0.1) is 0 Å². The molecule has 0 aromatic heterocycles. The maximum Gasteiger partial charge on any atom is 0.158 e. The molecule has 1 fully saturated rings. The van der Waals surface area contributed by atoms with Gasteiger partial charge in [0.25, 0.3) is 0 Å². The standard InChI is InChI=1S/C15H24O/c1-10-7-12-8-13(15(2,3)4)6-5-11(12)9-14(10)16/h9-10,12-13H,5-8H2,1-4H3. The third kappa shape index (κ3) is 2.23. The van der Waals surface area contributed by atoms with Crippen LogP contribution in [-0.4, -0.2) is 5.78 Å². The molecule has 0 saturated heterocycles. The van der Waals surface area contributed by atoms with Crippen LogP contribution in [0.5, 0.6) is 0 Å². The van der Waals surface area contributed by atoms with Crippen molar-refractivity contribution in [2.75, 3.05) is 0 Å². The van der Waals surface area contributed by atoms with E-state index < -0.39 is 0 Å². The van der Waals surface area contributed by atoms with Gasteiger partial charge in [0.2, 0.25) is 0 Å². The highest BCUT2D eigenvalue weighted by atomic mass is 16.1. The number of hydrogen-bond acceptors (Lipinski definition) is 1. The Bertz CT molecular complexity index is 319. The Hall–Kier alpha value is -0.590. The van der Waals surface area contributed by atoms with E-state index in [0.29, 0.717) is 17.1 Å². The summed E-state index contributed by atoms with van der Waals surface area (Å²) in [5.74, 6) is 2.15. The van der Waals surface area contributed by atoms with Crippen LogP contribution in [-0.2, 0) is 4.79 Å². The zero-order valence-electron chi connectivity index (χ0n) is 11.0. The first-order valence-electron chi connectivity index (χ1n) is 6.62. The van der Waals surface area contributed by atoms with Gasteiger partial charge in [0.15, 0.2) is 5.78 Å². The van der Waals surface area contributed by atoms with Crippen LogP contribution in [0.1, 0.15) is 53.4 Å². The average molecular weight is 220 g/mol. The van der Waals surface area contributed by atoms with Crippen LogP contribution in [0.2, 0.25) is 0 Å². The first-order chi connectivity index (χ1) is 7.38. The minimum Gasteiger partial charge on any atom is -0.295 e. The average Bonchev–Trinajstić information content (AvgIpc) is 2.17. The first-order valence-corrected chi connectivity index (χ1v) is 6.62. The van der Waals surface area contributed by atoms with E-state index in [1.54, 1.807) is 0 Å². The smallest absolute Gasteiger partial charge is 0.158 e. The van der Waals surface area contributed by atoms with Gasteiger partial charge in [-0.1, -0.05) is 33.3 Å². The van der Waals surface area contributed by atoms with Gasteiger partial charge in [0.1, 0.15) is 0 Å². The Morgan fingerprint density at radius 3 is 2.56 bits per heavy atom. The molecule has 1 nitrogen and oxygen atoms in total. The Kier molecular flexibility index (Phi) is 2.98. The van der Waals surface area contributed by atoms with Gasteiger partial charge < -0.3 is 0 Å². The normalized spacial score (nSPS) is 35.6. The van der Waals surface area contributed by atoms with E-state index in [1.807, 2.05) is 6.08 Å². The molecule has 1 heteroatoms. The number of ketones is 1. The zero-order chi connectivity index (χ0) is 11.9. The Morgan fingerprint density at radius 1 is 1.25 bits per heavy atom. The fourth-order valence-electron chi connectivity index (χ4n) is 3.25. The van der Waals surface area contributed by atoms with Crippen molar-refractivity contribution >= 4 is 5.78 Å². The van der Waals surface area contributed by atoms with Gasteiger partial charge in [0, 0.05) is 5.92 Å². The molecule has 0 N–H and O–H groups in total. The number of allylic oxidation sites excluding steroid dienone is 2. The molecular weight excluding hydrogens is 196 g/mol. The SMILES string of the molecule is CC1CC2CC(C(C)(C)C)CCC2=CC1=O. The largest absolute Gasteiger partial charge is 0.295 e. The quantitative estimate of drug-likeness (QED) is 0.603. The lowest BCUT2D eigenvalue weighted by atomic mass is 9.64. The molecule has 0 amide bonds. The number of carbonyl (C=O) groups excluding carboxylic acids is 1. The topological polar surface area (TPSA) is 17.1 Å². The molecule has 2 aliphatic carbocycles. The summed E-state index contributed by atoms with van der Waals surface area (Å²) in [5.41, 5.74) is 1.87. The molecule has 3 atom stereocenters. The summed E-state index contributed by atoms with van der Waals surface area (Å²) < 4.78 is 0. The first kappa shape index (κ1) is 11.9. The van der Waals surface area contributed by atoms with E-state index in [-0.39, 0.29) is 5.92 Å². The van der Waals surface area contributed by atoms with E-state index in [9.17, 15) is 4.79 Å². The molecule has 3 unspecified atom stereocenters. The van der Waals surface area contributed by atoms with Crippen LogP contribution in [0.15, 0.2) is 11.6 Å². The maximum atomic E-state index is 11.7. The van der Waals surface area contributed by atoms with Crippen molar-refractivity contribution in [3.8, 4) is 0 Å². The van der Waals surface area contributed by atoms with Gasteiger partial charge >= 0.3 is 0 Å². The van der Waals surface area contributed by atoms with Crippen molar-refractivity contribution < 1.29 is 4.79 Å². The molecule has 16 heavy (non-hydrogen) atoms. The van der Waals surface area contributed by atoms with Gasteiger partial charge in [-0.05, 0) is 49.0 Å². The van der Waals surface area contributed by atoms with E-state index in [2.05, 4.69) is 27.7 Å². The van der Waals surface area contributed by atoms with E-state index in [1.165, 1.54) is 18.4 Å². The Morgan fingerprint density at radius 2 is 1.94 bits per heavy atom. The second-order valence-electron chi connectivity index (χ2n) is 6.79. The van der Waals surface area contributed by atoms with Crippen LogP contribution < -0.4 is 0 Å². The van der Waals surface area contributed by atoms with Crippen molar-refractivity contribution in [3.63, 3.8) is 0 Å². The second-order valence-corrected chi connectivity index (χ2v) is 6.79. The summed E-state index contributed by atoms with van der Waals surface area (Å²) in [5, 5.41) is 0. The van der Waals surface area contributed by atoms with Crippen molar-refractivity contribution in [2.24, 2.45) is 23.2 Å². The molecule has 90 valence electrons. The van der Waals surface area contributed by atoms with Crippen molar-refractivity contribution in [1.82, 2.24) is 0 Å². The third-order valence-electron chi connectivity index (χ3n) is 4.55. The highest BCUT2D eigenvalue weighted by Crippen LogP contribution is 2.46. The van der Waals surface area contributed by atoms with Crippen LogP contribution in [0, 0.1) is 23.2 Å². The predicted octanol–water partition coefficient (Wildman–Crippen LogP) is 3.98. The summed E-state index contributed by atoms with van der Waals surface area (Å²) in [6.07, 6.45) is 6.78. The molecule has 0 spiro atoms. The Balaban J connectivity index is 2.12. The molecule has 1 saturated carbocycles. The number of carbonyl (C=O) groups is 1. The fraction of sp³-hybridized carbons (Fsp3) is 0.800. The summed E-state index contributed by atoms with van der Waals surface area (Å²) in [6.45, 7) is 9.13. The molecule has 2 rings (SSSR count). The summed E-state index contributed by atoms with van der Waals surface area (Å²) in [4.78, 5) is 11.7. The van der Waals surface area contributed by atoms with Crippen molar-refractivity contribution in [2.45, 2.75) is 53.4 Å². The van der Waals surface area contributed by atoms with E-state index >= 15 is 0 Å². The van der Waals surface area contributed by atoms with Crippen LogP contribution in [0.25, 0.3) is 0 Å². The highest BCUT2D eigenvalue weighted by Gasteiger charge is 2.36. The maximum absolute atomic E-state index is 11.7. The molecule has 0 aliphatic heterocycles. The molecule has 0 aromatic carbocycles. The zero-order valence-corrected chi connectivity index (χ0v) is 11.0. The molecular formula is C15H24O. The van der Waals surface area contributed by atoms with Gasteiger partial charge in [0.05, 0.1) is 0 Å². The number of fused-ring (bicyclic) bond motifs is 1. The van der Waals surface area contributed by atoms with E-state index in [4.69, 9.17) is 0 Å². The summed E-state index contributed by atoms with van der Waals surface area (Å²) >= 11 is 0. The molecule has 2 aliphatic rings. The van der Waals surface area contributed by atoms with E-state index in [0.717, 1.165) is 18.8 Å². The molecule has 0 radical (unpaired) electrons. The summed E-state index contributed by atoms with van der Waals surface area (Å²) in [7, 11) is 0. The monoisotopic (exact) mass is 220 g/mol. The molecule has 0 bridgehead atoms. The van der Waals surface area contributed by atoms with Crippen LogP contribution in [0.3, 0.4) is 0 Å².